The zero-order chi connectivity index (χ0) is 26.1. The Morgan fingerprint density at radius 1 is 0.946 bits per heavy atom. The van der Waals surface area contributed by atoms with Crippen molar-refractivity contribution in [2.45, 2.75) is 33.9 Å². The number of H-pyrrole nitrogens is 1. The number of aromatic amines is 1. The molecule has 2 N–H and O–H groups in total. The molecule has 3 aromatic carbocycles. The van der Waals surface area contributed by atoms with Gasteiger partial charge >= 0.3 is 0 Å². The molecule has 1 aliphatic rings. The lowest BCUT2D eigenvalue weighted by Gasteiger charge is -2.23. The number of rotatable bonds is 6. The minimum Gasteiger partial charge on any atom is -0.454 e. The molecule has 0 bridgehead atoms. The van der Waals surface area contributed by atoms with E-state index in [-0.39, 0.29) is 37.3 Å². The van der Waals surface area contributed by atoms with Crippen LogP contribution in [0.2, 0.25) is 0 Å². The van der Waals surface area contributed by atoms with E-state index in [1.165, 1.54) is 6.92 Å². The number of fused-ring (bicyclic) bond motifs is 2. The number of hydrogen-bond donors (Lipinski definition) is 2. The second-order valence-corrected chi connectivity index (χ2v) is 9.28. The van der Waals surface area contributed by atoms with Crippen molar-refractivity contribution in [1.82, 2.24) is 9.88 Å². The van der Waals surface area contributed by atoms with E-state index >= 15 is 0 Å². The van der Waals surface area contributed by atoms with Gasteiger partial charge in [-0.05, 0) is 78.9 Å². The second-order valence-electron chi connectivity index (χ2n) is 9.28. The van der Waals surface area contributed by atoms with Gasteiger partial charge in [0, 0.05) is 30.3 Å². The van der Waals surface area contributed by atoms with Gasteiger partial charge in [-0.25, -0.2) is 0 Å². The van der Waals surface area contributed by atoms with Crippen molar-refractivity contribution in [1.29, 1.82) is 0 Å². The van der Waals surface area contributed by atoms with E-state index in [1.807, 2.05) is 50.2 Å². The first kappa shape index (κ1) is 24.1. The fraction of sp³-hybridized carbons (Fsp3) is 0.207. The van der Waals surface area contributed by atoms with Gasteiger partial charge in [0.25, 0.3) is 11.5 Å². The van der Waals surface area contributed by atoms with Crippen molar-refractivity contribution >= 4 is 28.4 Å². The minimum absolute atomic E-state index is 0.110. The molecule has 0 aliphatic carbocycles. The lowest BCUT2D eigenvalue weighted by Crippen LogP contribution is -2.32. The smallest absolute Gasteiger partial charge is 0.254 e. The van der Waals surface area contributed by atoms with Crippen LogP contribution in [0.3, 0.4) is 0 Å². The predicted molar refractivity (Wildman–Crippen MR) is 141 cm³/mol. The van der Waals surface area contributed by atoms with E-state index in [9.17, 15) is 14.4 Å². The summed E-state index contributed by atoms with van der Waals surface area (Å²) in [5.41, 5.74) is 5.02. The van der Waals surface area contributed by atoms with Crippen LogP contribution in [0.15, 0.2) is 65.5 Å². The molecular formula is C29H27N3O5. The van der Waals surface area contributed by atoms with Crippen molar-refractivity contribution in [3.05, 3.63) is 98.8 Å². The number of pyridine rings is 1. The summed E-state index contributed by atoms with van der Waals surface area (Å²) in [6.07, 6.45) is 0. The van der Waals surface area contributed by atoms with E-state index in [0.29, 0.717) is 28.3 Å². The Morgan fingerprint density at radius 3 is 2.46 bits per heavy atom. The van der Waals surface area contributed by atoms with E-state index in [0.717, 1.165) is 27.6 Å². The highest BCUT2D eigenvalue weighted by atomic mass is 16.7. The van der Waals surface area contributed by atoms with Gasteiger partial charge in [0.1, 0.15) is 0 Å². The largest absolute Gasteiger partial charge is 0.454 e. The number of ether oxygens (including phenoxy) is 2. The summed E-state index contributed by atoms with van der Waals surface area (Å²) in [5, 5.41) is 3.62. The Labute approximate surface area is 213 Å². The van der Waals surface area contributed by atoms with Crippen LogP contribution in [-0.4, -0.2) is 28.5 Å². The Hall–Kier alpha value is -4.59. The molecule has 0 unspecified atom stereocenters. The van der Waals surface area contributed by atoms with Crippen molar-refractivity contribution in [2.24, 2.45) is 0 Å². The Bertz CT molecular complexity index is 1570. The molecule has 0 fully saturated rings. The molecule has 8 heteroatoms. The molecule has 1 aromatic heterocycles. The van der Waals surface area contributed by atoms with Crippen molar-refractivity contribution < 1.29 is 19.1 Å². The van der Waals surface area contributed by atoms with Crippen LogP contribution in [0, 0.1) is 13.8 Å². The van der Waals surface area contributed by atoms with Gasteiger partial charge < -0.3 is 24.7 Å². The lowest BCUT2D eigenvalue weighted by atomic mass is 10.0. The normalized spacial score (nSPS) is 12.0. The maximum atomic E-state index is 13.7. The molecule has 4 aromatic rings. The molecule has 0 saturated heterocycles. The molecule has 5 rings (SSSR count). The van der Waals surface area contributed by atoms with Crippen LogP contribution in [-0.2, 0) is 17.9 Å². The van der Waals surface area contributed by atoms with Crippen molar-refractivity contribution in [3.8, 4) is 11.5 Å². The standard InChI is InChI=1S/C29H27N3O5/c1-17-10-18(2)27-22(11-17)13-23(28(34)31-27)15-32(14-20-4-9-25-26(12-20)37-16-36-25)29(35)21-5-7-24(8-6-21)30-19(3)33/h4-13H,14-16H2,1-3H3,(H,30,33)(H,31,34). The number of nitrogens with zero attached hydrogens (tertiary/aromatic N) is 1. The summed E-state index contributed by atoms with van der Waals surface area (Å²) in [5.74, 6) is 0.849. The number of benzene rings is 3. The third kappa shape index (κ3) is 5.18. The quantitative estimate of drug-likeness (QED) is 0.403. The summed E-state index contributed by atoms with van der Waals surface area (Å²) in [4.78, 5) is 42.7. The first-order chi connectivity index (χ1) is 17.8. The van der Waals surface area contributed by atoms with E-state index in [4.69, 9.17) is 9.47 Å². The first-order valence-electron chi connectivity index (χ1n) is 12.0. The number of amides is 2. The molecule has 37 heavy (non-hydrogen) atoms. The van der Waals surface area contributed by atoms with Gasteiger partial charge in [0.05, 0.1) is 12.1 Å². The Balaban J connectivity index is 1.50. The molecule has 2 heterocycles. The van der Waals surface area contributed by atoms with Crippen LogP contribution >= 0.6 is 0 Å². The van der Waals surface area contributed by atoms with Crippen LogP contribution in [0.1, 0.15) is 39.5 Å². The average molecular weight is 498 g/mol. The number of carbonyl (C=O) groups is 2. The zero-order valence-electron chi connectivity index (χ0n) is 20.9. The van der Waals surface area contributed by atoms with Gasteiger partial charge in [-0.15, -0.1) is 0 Å². The highest BCUT2D eigenvalue weighted by Crippen LogP contribution is 2.33. The van der Waals surface area contributed by atoms with E-state index in [1.54, 1.807) is 29.2 Å². The first-order valence-corrected chi connectivity index (χ1v) is 12.0. The fourth-order valence-corrected chi connectivity index (χ4v) is 4.60. The molecule has 2 amide bonds. The summed E-state index contributed by atoms with van der Waals surface area (Å²) in [7, 11) is 0. The van der Waals surface area contributed by atoms with Gasteiger partial charge in [0.15, 0.2) is 11.5 Å². The second kappa shape index (κ2) is 9.81. The monoisotopic (exact) mass is 497 g/mol. The molecule has 0 atom stereocenters. The van der Waals surface area contributed by atoms with Crippen molar-refractivity contribution in [3.63, 3.8) is 0 Å². The van der Waals surface area contributed by atoms with Crippen molar-refractivity contribution in [2.75, 3.05) is 12.1 Å². The van der Waals surface area contributed by atoms with Crippen LogP contribution in [0.5, 0.6) is 11.5 Å². The van der Waals surface area contributed by atoms with Gasteiger partial charge in [-0.3, -0.25) is 14.4 Å². The fourth-order valence-electron chi connectivity index (χ4n) is 4.60. The lowest BCUT2D eigenvalue weighted by molar-refractivity contribution is -0.114. The van der Waals surface area contributed by atoms with E-state index in [2.05, 4.69) is 10.3 Å². The summed E-state index contributed by atoms with van der Waals surface area (Å²) >= 11 is 0. The van der Waals surface area contributed by atoms with Gasteiger partial charge in [0.2, 0.25) is 12.7 Å². The Morgan fingerprint density at radius 2 is 1.70 bits per heavy atom. The molecule has 8 nitrogen and oxygen atoms in total. The third-order valence-corrected chi connectivity index (χ3v) is 6.28. The van der Waals surface area contributed by atoms with Crippen LogP contribution < -0.4 is 20.3 Å². The van der Waals surface area contributed by atoms with Gasteiger partial charge in [-0.2, -0.15) is 0 Å². The number of anilines is 1. The van der Waals surface area contributed by atoms with Crippen LogP contribution in [0.4, 0.5) is 5.69 Å². The number of aromatic nitrogens is 1. The Kier molecular flexibility index (Phi) is 6.40. The zero-order valence-corrected chi connectivity index (χ0v) is 20.9. The highest BCUT2D eigenvalue weighted by molar-refractivity contribution is 5.95. The van der Waals surface area contributed by atoms with E-state index < -0.39 is 0 Å². The number of hydrogen-bond acceptors (Lipinski definition) is 5. The SMILES string of the molecule is CC(=O)Nc1ccc(C(=O)N(Cc2ccc3c(c2)OCO3)Cc2cc3cc(C)cc(C)c3[nH]c2=O)cc1. The summed E-state index contributed by atoms with van der Waals surface area (Å²) in [6, 6.07) is 18.1. The maximum absolute atomic E-state index is 13.7. The molecule has 1 aliphatic heterocycles. The highest BCUT2D eigenvalue weighted by Gasteiger charge is 2.21. The van der Waals surface area contributed by atoms with Gasteiger partial charge in [-0.1, -0.05) is 17.7 Å². The molecule has 0 radical (unpaired) electrons. The molecule has 188 valence electrons. The summed E-state index contributed by atoms with van der Waals surface area (Å²) in [6.45, 7) is 5.93. The number of aryl methyl sites for hydroxylation is 2. The average Bonchev–Trinajstić information content (AvgIpc) is 3.32. The molecule has 0 spiro atoms. The topological polar surface area (TPSA) is 101 Å². The molecule has 0 saturated carbocycles. The predicted octanol–water partition coefficient (Wildman–Crippen LogP) is 4.67. The maximum Gasteiger partial charge on any atom is 0.254 e. The number of nitrogens with one attached hydrogen (secondary N) is 2. The van der Waals surface area contributed by atoms with Crippen LogP contribution in [0.25, 0.3) is 10.9 Å². The number of carbonyl (C=O) groups excluding carboxylic acids is 2. The minimum atomic E-state index is -0.244. The molecular weight excluding hydrogens is 470 g/mol. The summed E-state index contributed by atoms with van der Waals surface area (Å²) < 4.78 is 10.9. The third-order valence-electron chi connectivity index (χ3n) is 6.28.